The van der Waals surface area contributed by atoms with Crippen LogP contribution in [-0.2, 0) is 11.3 Å². The summed E-state index contributed by atoms with van der Waals surface area (Å²) in [6, 6.07) is 4.81. The van der Waals surface area contributed by atoms with Gasteiger partial charge >= 0.3 is 5.97 Å². The van der Waals surface area contributed by atoms with Gasteiger partial charge in [-0.15, -0.1) is 0 Å². The standard InChI is InChI=1S/C11H13BrFNO2/c12-9-6-8(3-4-10(9)13)7-14-5-1-2-11(15)16/h3-4,6,14H,1-2,5,7H2,(H,15,16). The van der Waals surface area contributed by atoms with Gasteiger partial charge in [0.15, 0.2) is 0 Å². The largest absolute Gasteiger partial charge is 0.481 e. The molecule has 1 aromatic carbocycles. The van der Waals surface area contributed by atoms with Crippen LogP contribution in [0.1, 0.15) is 18.4 Å². The monoisotopic (exact) mass is 289 g/mol. The summed E-state index contributed by atoms with van der Waals surface area (Å²) >= 11 is 3.11. The number of carbonyl (C=O) groups is 1. The number of hydrogen-bond acceptors (Lipinski definition) is 2. The molecule has 0 aliphatic heterocycles. The third-order valence-corrected chi connectivity index (χ3v) is 2.67. The van der Waals surface area contributed by atoms with Crippen molar-refractivity contribution in [1.29, 1.82) is 0 Å². The van der Waals surface area contributed by atoms with E-state index in [1.165, 1.54) is 6.07 Å². The van der Waals surface area contributed by atoms with E-state index in [9.17, 15) is 9.18 Å². The van der Waals surface area contributed by atoms with Crippen LogP contribution in [-0.4, -0.2) is 17.6 Å². The zero-order valence-electron chi connectivity index (χ0n) is 8.67. The fraction of sp³-hybridized carbons (Fsp3) is 0.364. The molecule has 0 radical (unpaired) electrons. The summed E-state index contributed by atoms with van der Waals surface area (Å²) in [6.07, 6.45) is 0.762. The van der Waals surface area contributed by atoms with Gasteiger partial charge in [0.25, 0.3) is 0 Å². The van der Waals surface area contributed by atoms with Crippen molar-refractivity contribution in [3.63, 3.8) is 0 Å². The Morgan fingerprint density at radius 2 is 2.25 bits per heavy atom. The molecule has 2 N–H and O–H groups in total. The van der Waals surface area contributed by atoms with Gasteiger partial charge in [0.05, 0.1) is 4.47 Å². The van der Waals surface area contributed by atoms with Crippen molar-refractivity contribution >= 4 is 21.9 Å². The maximum Gasteiger partial charge on any atom is 0.303 e. The molecular formula is C11H13BrFNO2. The van der Waals surface area contributed by atoms with Crippen LogP contribution in [0, 0.1) is 5.82 Å². The van der Waals surface area contributed by atoms with E-state index >= 15 is 0 Å². The minimum atomic E-state index is -0.786. The predicted octanol–water partition coefficient (Wildman–Crippen LogP) is 2.54. The average Bonchev–Trinajstić information content (AvgIpc) is 2.22. The third kappa shape index (κ3) is 4.72. The van der Waals surface area contributed by atoms with Crippen LogP contribution < -0.4 is 5.32 Å². The summed E-state index contributed by atoms with van der Waals surface area (Å²) in [5.74, 6) is -1.07. The molecule has 3 nitrogen and oxygen atoms in total. The molecule has 1 rings (SSSR count). The molecule has 0 atom stereocenters. The second-order valence-electron chi connectivity index (χ2n) is 3.42. The molecule has 0 saturated carbocycles. The number of aliphatic carboxylic acids is 1. The second kappa shape index (κ2) is 6.60. The number of rotatable bonds is 6. The molecule has 5 heteroatoms. The summed E-state index contributed by atoms with van der Waals surface area (Å²) in [7, 11) is 0. The highest BCUT2D eigenvalue weighted by atomic mass is 79.9. The Bertz CT molecular complexity index is 371. The normalized spacial score (nSPS) is 10.4. The van der Waals surface area contributed by atoms with E-state index < -0.39 is 5.97 Å². The summed E-state index contributed by atoms with van der Waals surface area (Å²) in [5, 5.41) is 11.5. The maximum atomic E-state index is 12.9. The van der Waals surface area contributed by atoms with Gasteiger partial charge in [-0.3, -0.25) is 4.79 Å². The van der Waals surface area contributed by atoms with Crippen molar-refractivity contribution in [3.8, 4) is 0 Å². The number of nitrogens with one attached hydrogen (secondary N) is 1. The van der Waals surface area contributed by atoms with Crippen molar-refractivity contribution in [2.45, 2.75) is 19.4 Å². The molecule has 0 bridgehead atoms. The summed E-state index contributed by atoms with van der Waals surface area (Å²) in [6.45, 7) is 1.25. The molecule has 0 aliphatic carbocycles. The Balaban J connectivity index is 2.27. The first kappa shape index (κ1) is 13.1. The number of halogens is 2. The Labute approximate surface area is 102 Å². The van der Waals surface area contributed by atoms with Crippen molar-refractivity contribution in [3.05, 3.63) is 34.1 Å². The van der Waals surface area contributed by atoms with Crippen LogP contribution >= 0.6 is 15.9 Å². The molecule has 0 fully saturated rings. The van der Waals surface area contributed by atoms with E-state index in [2.05, 4.69) is 21.2 Å². The van der Waals surface area contributed by atoms with Gasteiger partial charge in [0.2, 0.25) is 0 Å². The van der Waals surface area contributed by atoms with Crippen LogP contribution in [0.15, 0.2) is 22.7 Å². The van der Waals surface area contributed by atoms with E-state index in [4.69, 9.17) is 5.11 Å². The van der Waals surface area contributed by atoms with Crippen LogP contribution in [0.3, 0.4) is 0 Å². The Hall–Kier alpha value is -0.940. The first-order valence-corrected chi connectivity index (χ1v) is 5.75. The Morgan fingerprint density at radius 3 is 2.88 bits per heavy atom. The van der Waals surface area contributed by atoms with Crippen molar-refractivity contribution < 1.29 is 14.3 Å². The lowest BCUT2D eigenvalue weighted by Gasteiger charge is -2.04. The molecule has 0 spiro atoms. The molecule has 0 aliphatic rings. The van der Waals surface area contributed by atoms with E-state index in [1.807, 2.05) is 0 Å². The highest BCUT2D eigenvalue weighted by Crippen LogP contribution is 2.16. The Kier molecular flexibility index (Phi) is 5.42. The fourth-order valence-corrected chi connectivity index (χ4v) is 1.67. The summed E-state index contributed by atoms with van der Waals surface area (Å²) in [5.41, 5.74) is 0.962. The van der Waals surface area contributed by atoms with Crippen molar-refractivity contribution in [1.82, 2.24) is 5.32 Å². The molecule has 1 aromatic rings. The van der Waals surface area contributed by atoms with E-state index in [0.29, 0.717) is 24.0 Å². The highest BCUT2D eigenvalue weighted by Gasteiger charge is 2.00. The quantitative estimate of drug-likeness (QED) is 0.792. The van der Waals surface area contributed by atoms with Crippen LogP contribution in [0.25, 0.3) is 0 Å². The third-order valence-electron chi connectivity index (χ3n) is 2.06. The molecule has 0 saturated heterocycles. The van der Waals surface area contributed by atoms with Gasteiger partial charge in [-0.05, 0) is 46.6 Å². The lowest BCUT2D eigenvalue weighted by Crippen LogP contribution is -2.15. The van der Waals surface area contributed by atoms with Gasteiger partial charge in [-0.2, -0.15) is 0 Å². The molecule has 0 amide bonds. The molecule has 16 heavy (non-hydrogen) atoms. The van der Waals surface area contributed by atoms with E-state index in [1.54, 1.807) is 12.1 Å². The predicted molar refractivity (Wildman–Crippen MR) is 62.7 cm³/mol. The Morgan fingerprint density at radius 1 is 1.50 bits per heavy atom. The zero-order valence-corrected chi connectivity index (χ0v) is 10.3. The minimum Gasteiger partial charge on any atom is -0.481 e. The molecule has 0 unspecified atom stereocenters. The first-order valence-electron chi connectivity index (χ1n) is 4.96. The van der Waals surface area contributed by atoms with E-state index in [0.717, 1.165) is 5.56 Å². The van der Waals surface area contributed by atoms with Gasteiger partial charge < -0.3 is 10.4 Å². The van der Waals surface area contributed by atoms with Gasteiger partial charge in [-0.25, -0.2) is 4.39 Å². The highest BCUT2D eigenvalue weighted by molar-refractivity contribution is 9.10. The lowest BCUT2D eigenvalue weighted by molar-refractivity contribution is -0.137. The lowest BCUT2D eigenvalue weighted by atomic mass is 10.2. The van der Waals surface area contributed by atoms with Crippen molar-refractivity contribution in [2.24, 2.45) is 0 Å². The number of carboxylic acids is 1. The number of benzene rings is 1. The summed E-state index contributed by atoms with van der Waals surface area (Å²) < 4.78 is 13.3. The number of hydrogen-bond donors (Lipinski definition) is 2. The van der Waals surface area contributed by atoms with E-state index in [-0.39, 0.29) is 12.2 Å². The van der Waals surface area contributed by atoms with Crippen LogP contribution in [0.2, 0.25) is 0 Å². The average molecular weight is 290 g/mol. The van der Waals surface area contributed by atoms with Crippen LogP contribution in [0.5, 0.6) is 0 Å². The first-order chi connectivity index (χ1) is 7.59. The van der Waals surface area contributed by atoms with Gasteiger partial charge in [0.1, 0.15) is 5.82 Å². The molecule has 88 valence electrons. The molecule has 0 aromatic heterocycles. The summed E-state index contributed by atoms with van der Waals surface area (Å²) in [4.78, 5) is 10.2. The topological polar surface area (TPSA) is 49.3 Å². The number of carboxylic acid groups (broad SMARTS) is 1. The fourth-order valence-electron chi connectivity index (χ4n) is 1.25. The van der Waals surface area contributed by atoms with Gasteiger partial charge in [-0.1, -0.05) is 6.07 Å². The minimum absolute atomic E-state index is 0.167. The van der Waals surface area contributed by atoms with Gasteiger partial charge in [0, 0.05) is 13.0 Å². The SMILES string of the molecule is O=C(O)CCCNCc1ccc(F)c(Br)c1. The molecule has 0 heterocycles. The maximum absolute atomic E-state index is 12.9. The van der Waals surface area contributed by atoms with Crippen molar-refractivity contribution in [2.75, 3.05) is 6.54 Å². The second-order valence-corrected chi connectivity index (χ2v) is 4.28. The smallest absolute Gasteiger partial charge is 0.303 e. The zero-order chi connectivity index (χ0) is 12.0. The van der Waals surface area contributed by atoms with Crippen LogP contribution in [0.4, 0.5) is 4.39 Å². The molecular weight excluding hydrogens is 277 g/mol.